The first-order chi connectivity index (χ1) is 8.69. The lowest BCUT2D eigenvalue weighted by molar-refractivity contribution is 0.403. The van der Waals surface area contributed by atoms with Gasteiger partial charge in [0.2, 0.25) is 0 Å². The molecule has 2 aromatic heterocycles. The third kappa shape index (κ3) is 2.30. The third-order valence-corrected chi connectivity index (χ3v) is 3.42. The molecule has 2 N–H and O–H groups in total. The Bertz CT molecular complexity index is 521. The van der Waals surface area contributed by atoms with E-state index in [4.69, 9.17) is 14.9 Å². The van der Waals surface area contributed by atoms with Gasteiger partial charge in [-0.3, -0.25) is 4.68 Å². The Morgan fingerprint density at radius 2 is 2.39 bits per heavy atom. The van der Waals surface area contributed by atoms with Crippen LogP contribution in [0, 0.1) is 0 Å². The Morgan fingerprint density at radius 3 is 2.94 bits per heavy atom. The van der Waals surface area contributed by atoms with Crippen LogP contribution in [0.25, 0.3) is 0 Å². The maximum atomic E-state index is 6.28. The highest BCUT2D eigenvalue weighted by Gasteiger charge is 2.23. The Balaban J connectivity index is 2.42. The molecule has 0 bridgehead atoms. The van der Waals surface area contributed by atoms with Crippen molar-refractivity contribution in [2.24, 2.45) is 5.73 Å². The van der Waals surface area contributed by atoms with Crippen LogP contribution in [-0.2, 0) is 6.54 Å². The molecule has 2 rings (SSSR count). The summed E-state index contributed by atoms with van der Waals surface area (Å²) in [7, 11) is 1.62. The summed E-state index contributed by atoms with van der Waals surface area (Å²) in [4.78, 5) is 0. The maximum Gasteiger partial charge on any atom is 0.174 e. The van der Waals surface area contributed by atoms with Gasteiger partial charge in [-0.15, -0.1) is 0 Å². The SMILES string of the molecule is CCCn1ncc(OC)c1C(N)c1ccoc1Br. The number of furan rings is 1. The second-order valence-electron chi connectivity index (χ2n) is 3.95. The fourth-order valence-electron chi connectivity index (χ4n) is 1.91. The van der Waals surface area contributed by atoms with E-state index in [9.17, 15) is 0 Å². The number of methoxy groups -OCH3 is 1. The van der Waals surface area contributed by atoms with Crippen LogP contribution in [0.3, 0.4) is 0 Å². The van der Waals surface area contributed by atoms with E-state index >= 15 is 0 Å². The molecule has 0 fully saturated rings. The molecule has 0 spiro atoms. The van der Waals surface area contributed by atoms with E-state index in [1.807, 2.05) is 10.7 Å². The van der Waals surface area contributed by atoms with Crippen molar-refractivity contribution >= 4 is 15.9 Å². The summed E-state index contributed by atoms with van der Waals surface area (Å²) in [5.74, 6) is 0.698. The van der Waals surface area contributed by atoms with Gasteiger partial charge in [-0.05, 0) is 28.4 Å². The zero-order chi connectivity index (χ0) is 13.1. The van der Waals surface area contributed by atoms with Crippen molar-refractivity contribution in [3.8, 4) is 5.75 Å². The van der Waals surface area contributed by atoms with Gasteiger partial charge in [0.25, 0.3) is 0 Å². The molecule has 0 radical (unpaired) electrons. The topological polar surface area (TPSA) is 66.2 Å². The van der Waals surface area contributed by atoms with Crippen LogP contribution < -0.4 is 10.5 Å². The first-order valence-corrected chi connectivity index (χ1v) is 6.56. The van der Waals surface area contributed by atoms with E-state index < -0.39 is 0 Å². The van der Waals surface area contributed by atoms with E-state index in [0.717, 1.165) is 24.2 Å². The van der Waals surface area contributed by atoms with Gasteiger partial charge in [0, 0.05) is 12.1 Å². The fourth-order valence-corrected chi connectivity index (χ4v) is 2.40. The number of halogens is 1. The molecular formula is C12H16BrN3O2. The van der Waals surface area contributed by atoms with Crippen LogP contribution in [0.1, 0.15) is 30.6 Å². The number of hydrogen-bond donors (Lipinski definition) is 1. The number of ether oxygens (including phenoxy) is 1. The van der Waals surface area contributed by atoms with Crippen molar-refractivity contribution in [3.63, 3.8) is 0 Å². The minimum Gasteiger partial charge on any atom is -0.493 e. The number of rotatable bonds is 5. The lowest BCUT2D eigenvalue weighted by Crippen LogP contribution is -2.18. The summed E-state index contributed by atoms with van der Waals surface area (Å²) in [6.07, 6.45) is 4.28. The Kier molecular flexibility index (Phi) is 4.08. The molecule has 1 atom stereocenters. The zero-order valence-corrected chi connectivity index (χ0v) is 12.0. The molecule has 98 valence electrons. The molecule has 0 amide bonds. The summed E-state index contributed by atoms with van der Waals surface area (Å²) in [5.41, 5.74) is 8.03. The van der Waals surface area contributed by atoms with Crippen LogP contribution >= 0.6 is 15.9 Å². The molecule has 6 heteroatoms. The van der Waals surface area contributed by atoms with Crippen LogP contribution in [0.5, 0.6) is 5.75 Å². The maximum absolute atomic E-state index is 6.28. The monoisotopic (exact) mass is 313 g/mol. The van der Waals surface area contributed by atoms with E-state index in [-0.39, 0.29) is 6.04 Å². The molecule has 0 saturated carbocycles. The van der Waals surface area contributed by atoms with Gasteiger partial charge in [-0.2, -0.15) is 5.10 Å². The third-order valence-electron chi connectivity index (χ3n) is 2.78. The average molecular weight is 314 g/mol. The molecule has 1 unspecified atom stereocenters. The van der Waals surface area contributed by atoms with Crippen molar-refractivity contribution in [1.82, 2.24) is 9.78 Å². The molecule has 2 heterocycles. The molecule has 0 aliphatic rings. The molecule has 0 aliphatic heterocycles. The molecule has 5 nitrogen and oxygen atoms in total. The largest absolute Gasteiger partial charge is 0.493 e. The number of nitrogens with two attached hydrogens (primary N) is 1. The van der Waals surface area contributed by atoms with E-state index in [1.165, 1.54) is 0 Å². The highest BCUT2D eigenvalue weighted by Crippen LogP contribution is 2.32. The predicted octanol–water partition coefficient (Wildman–Crippen LogP) is 2.71. The normalized spacial score (nSPS) is 12.7. The lowest BCUT2D eigenvalue weighted by atomic mass is 10.1. The van der Waals surface area contributed by atoms with Crippen LogP contribution in [-0.4, -0.2) is 16.9 Å². The molecule has 2 aromatic rings. The minimum absolute atomic E-state index is 0.331. The fraction of sp³-hybridized carbons (Fsp3) is 0.417. The summed E-state index contributed by atoms with van der Waals surface area (Å²) in [6, 6.07) is 1.51. The smallest absolute Gasteiger partial charge is 0.174 e. The highest BCUT2D eigenvalue weighted by atomic mass is 79.9. The van der Waals surface area contributed by atoms with E-state index in [2.05, 4.69) is 28.0 Å². The Hall–Kier alpha value is -1.27. The van der Waals surface area contributed by atoms with Gasteiger partial charge >= 0.3 is 0 Å². The quantitative estimate of drug-likeness (QED) is 0.921. The minimum atomic E-state index is -0.331. The molecular weight excluding hydrogens is 298 g/mol. The molecule has 0 aliphatic carbocycles. The summed E-state index contributed by atoms with van der Waals surface area (Å²) in [6.45, 7) is 2.90. The van der Waals surface area contributed by atoms with Crippen molar-refractivity contribution in [2.45, 2.75) is 25.9 Å². The summed E-state index contributed by atoms with van der Waals surface area (Å²) >= 11 is 3.35. The molecule has 18 heavy (non-hydrogen) atoms. The first-order valence-electron chi connectivity index (χ1n) is 5.77. The Morgan fingerprint density at radius 1 is 1.61 bits per heavy atom. The van der Waals surface area contributed by atoms with Gasteiger partial charge in [0.1, 0.15) is 5.69 Å². The number of nitrogens with zero attached hydrogens (tertiary/aromatic N) is 2. The zero-order valence-electron chi connectivity index (χ0n) is 10.4. The predicted molar refractivity (Wildman–Crippen MR) is 71.5 cm³/mol. The standard InChI is InChI=1S/C12H16BrN3O2/c1-3-5-16-11(9(17-2)7-15-16)10(14)8-4-6-18-12(8)13/h4,6-7,10H,3,5,14H2,1-2H3. The van der Waals surface area contributed by atoms with Crippen molar-refractivity contribution in [1.29, 1.82) is 0 Å². The van der Waals surface area contributed by atoms with E-state index in [0.29, 0.717) is 10.4 Å². The van der Waals surface area contributed by atoms with Crippen LogP contribution in [0.15, 0.2) is 27.6 Å². The Labute approximate surface area is 114 Å². The van der Waals surface area contributed by atoms with Crippen molar-refractivity contribution < 1.29 is 9.15 Å². The molecule has 0 aromatic carbocycles. The van der Waals surface area contributed by atoms with Crippen LogP contribution in [0.2, 0.25) is 0 Å². The van der Waals surface area contributed by atoms with Gasteiger partial charge in [-0.1, -0.05) is 6.92 Å². The lowest BCUT2D eigenvalue weighted by Gasteiger charge is -2.14. The van der Waals surface area contributed by atoms with Gasteiger partial charge in [0.05, 0.1) is 25.6 Å². The summed E-state index contributed by atoms with van der Waals surface area (Å²) < 4.78 is 13.1. The van der Waals surface area contributed by atoms with Gasteiger partial charge in [0.15, 0.2) is 10.4 Å². The molecule has 0 saturated heterocycles. The highest BCUT2D eigenvalue weighted by molar-refractivity contribution is 9.10. The van der Waals surface area contributed by atoms with Gasteiger partial charge < -0.3 is 14.9 Å². The van der Waals surface area contributed by atoms with Crippen molar-refractivity contribution in [2.75, 3.05) is 7.11 Å². The van der Waals surface area contributed by atoms with Crippen LogP contribution in [0.4, 0.5) is 0 Å². The second-order valence-corrected chi connectivity index (χ2v) is 4.67. The first kappa shape index (κ1) is 13.2. The van der Waals surface area contributed by atoms with Gasteiger partial charge in [-0.25, -0.2) is 0 Å². The number of aromatic nitrogens is 2. The van der Waals surface area contributed by atoms with E-state index in [1.54, 1.807) is 19.6 Å². The average Bonchev–Trinajstić information content (AvgIpc) is 2.95. The van der Waals surface area contributed by atoms with Crippen molar-refractivity contribution in [3.05, 3.63) is 34.5 Å². The second kappa shape index (κ2) is 5.58. The summed E-state index contributed by atoms with van der Waals surface area (Å²) in [5, 5.41) is 4.30. The number of hydrogen-bond acceptors (Lipinski definition) is 4. The number of aryl methyl sites for hydroxylation is 1.